The lowest BCUT2D eigenvalue weighted by Crippen LogP contribution is -2.53. The van der Waals surface area contributed by atoms with Crippen LogP contribution in [0.3, 0.4) is 0 Å². The highest BCUT2D eigenvalue weighted by Gasteiger charge is 2.36. The Morgan fingerprint density at radius 2 is 1.45 bits per heavy atom. The van der Waals surface area contributed by atoms with Gasteiger partial charge in [0.1, 0.15) is 18.3 Å². The Morgan fingerprint density at radius 3 is 2.09 bits per heavy atom. The van der Waals surface area contributed by atoms with Gasteiger partial charge in [0.05, 0.1) is 31.9 Å². The van der Waals surface area contributed by atoms with Gasteiger partial charge in [0.15, 0.2) is 11.5 Å². The predicted molar refractivity (Wildman–Crippen MR) is 182 cm³/mol. The molecule has 248 valence electrons. The monoisotopic (exact) mass is 699 g/mol. The van der Waals surface area contributed by atoms with E-state index in [0.717, 1.165) is 9.87 Å². The lowest BCUT2D eigenvalue weighted by atomic mass is 10.0. The maximum Gasteiger partial charge on any atom is 0.265 e. The SMILES string of the molecule is CNC(=O)[C@H](Cc1ccccc1)N(Cc1ccccc1Cl)C(=O)CN(c1cc(Cl)ccc1OC)S(=O)(=O)c1ccc(OC)c(OC)c1. The van der Waals surface area contributed by atoms with Gasteiger partial charge in [-0.15, -0.1) is 0 Å². The molecule has 0 unspecified atom stereocenters. The Hall–Kier alpha value is -4.45. The van der Waals surface area contributed by atoms with Crippen LogP contribution in [0.4, 0.5) is 5.69 Å². The number of halogens is 2. The zero-order chi connectivity index (χ0) is 34.1. The molecular weight excluding hydrogens is 665 g/mol. The van der Waals surface area contributed by atoms with Gasteiger partial charge in [-0.2, -0.15) is 0 Å². The van der Waals surface area contributed by atoms with Crippen LogP contribution in [0.25, 0.3) is 0 Å². The van der Waals surface area contributed by atoms with E-state index < -0.39 is 34.4 Å². The van der Waals surface area contributed by atoms with Crippen molar-refractivity contribution in [3.63, 3.8) is 0 Å². The molecule has 4 aromatic rings. The number of ether oxygens (including phenoxy) is 3. The molecule has 0 bridgehead atoms. The molecule has 1 N–H and O–H groups in total. The van der Waals surface area contributed by atoms with E-state index in [-0.39, 0.29) is 40.1 Å². The number of sulfonamides is 1. The van der Waals surface area contributed by atoms with Crippen LogP contribution in [-0.2, 0) is 32.6 Å². The topological polar surface area (TPSA) is 114 Å². The van der Waals surface area contributed by atoms with E-state index in [1.807, 2.05) is 30.3 Å². The molecule has 0 spiro atoms. The zero-order valence-corrected chi connectivity index (χ0v) is 28.6. The average molecular weight is 701 g/mol. The second kappa shape index (κ2) is 15.9. The molecule has 0 saturated carbocycles. The van der Waals surface area contributed by atoms with Crippen molar-refractivity contribution in [2.75, 3.05) is 39.2 Å². The van der Waals surface area contributed by atoms with Gasteiger partial charge in [-0.1, -0.05) is 71.7 Å². The summed E-state index contributed by atoms with van der Waals surface area (Å²) in [7, 11) is 1.17. The Kier molecular flexibility index (Phi) is 12.0. The minimum atomic E-state index is -4.50. The number of hydrogen-bond donors (Lipinski definition) is 1. The van der Waals surface area contributed by atoms with Gasteiger partial charge >= 0.3 is 0 Å². The number of carbonyl (C=O) groups is 2. The maximum absolute atomic E-state index is 14.6. The number of anilines is 1. The van der Waals surface area contributed by atoms with Gasteiger partial charge in [-0.05, 0) is 47.5 Å². The molecule has 1 atom stereocenters. The van der Waals surface area contributed by atoms with E-state index in [1.54, 1.807) is 24.3 Å². The first-order valence-corrected chi connectivity index (χ1v) is 16.6. The summed E-state index contributed by atoms with van der Waals surface area (Å²) in [4.78, 5) is 29.2. The molecule has 4 rings (SSSR count). The molecule has 0 aliphatic carbocycles. The second-order valence-corrected chi connectivity index (χ2v) is 13.0. The van der Waals surface area contributed by atoms with E-state index in [4.69, 9.17) is 37.4 Å². The standard InChI is InChI=1S/C34H35Cl2N3O7S/c1-37-34(41)29(18-23-10-6-5-7-11-23)38(21-24-12-8-9-13-27(24)36)33(40)22-39(28-19-25(35)14-16-30(28)44-2)47(42,43)26-15-17-31(45-3)32(20-26)46-4/h5-17,19-20,29H,18,21-22H2,1-4H3,(H,37,41)/t29-/m0/s1. The quantitative estimate of drug-likeness (QED) is 0.182. The van der Waals surface area contributed by atoms with Crippen molar-refractivity contribution in [1.29, 1.82) is 0 Å². The highest BCUT2D eigenvalue weighted by atomic mass is 35.5. The highest BCUT2D eigenvalue weighted by molar-refractivity contribution is 7.92. The van der Waals surface area contributed by atoms with Crippen molar-refractivity contribution in [1.82, 2.24) is 10.2 Å². The smallest absolute Gasteiger partial charge is 0.265 e. The van der Waals surface area contributed by atoms with E-state index in [1.165, 1.54) is 69.7 Å². The van der Waals surface area contributed by atoms with Crippen LogP contribution in [0.2, 0.25) is 10.0 Å². The average Bonchev–Trinajstić information content (AvgIpc) is 3.08. The first-order valence-electron chi connectivity index (χ1n) is 14.4. The molecule has 2 amide bonds. The molecule has 0 radical (unpaired) electrons. The van der Waals surface area contributed by atoms with Crippen LogP contribution >= 0.6 is 23.2 Å². The van der Waals surface area contributed by atoms with Crippen LogP contribution in [0.5, 0.6) is 17.2 Å². The molecule has 0 aromatic heterocycles. The summed E-state index contributed by atoms with van der Waals surface area (Å²) in [6.07, 6.45) is 0.152. The minimum absolute atomic E-state index is 0.0142. The number of methoxy groups -OCH3 is 3. The fourth-order valence-corrected chi connectivity index (χ4v) is 6.80. The van der Waals surface area contributed by atoms with E-state index >= 15 is 0 Å². The largest absolute Gasteiger partial charge is 0.495 e. The van der Waals surface area contributed by atoms with Gasteiger partial charge in [0.25, 0.3) is 10.0 Å². The summed E-state index contributed by atoms with van der Waals surface area (Å²) in [5.41, 5.74) is 1.38. The lowest BCUT2D eigenvalue weighted by Gasteiger charge is -2.34. The van der Waals surface area contributed by atoms with Crippen LogP contribution in [0, 0.1) is 0 Å². The molecule has 0 aliphatic heterocycles. The number of rotatable bonds is 14. The van der Waals surface area contributed by atoms with E-state index in [9.17, 15) is 18.0 Å². The van der Waals surface area contributed by atoms with Crippen LogP contribution < -0.4 is 23.8 Å². The Balaban J connectivity index is 1.87. The molecule has 0 heterocycles. The summed E-state index contributed by atoms with van der Waals surface area (Å²) in [6, 6.07) is 23.6. The van der Waals surface area contributed by atoms with Crippen LogP contribution in [0.15, 0.2) is 95.9 Å². The lowest BCUT2D eigenvalue weighted by molar-refractivity contribution is -0.139. The number of carbonyl (C=O) groups excluding carboxylic acids is 2. The number of benzene rings is 4. The van der Waals surface area contributed by atoms with Gasteiger partial charge in [0.2, 0.25) is 11.8 Å². The summed E-state index contributed by atoms with van der Waals surface area (Å²) in [5.74, 6) is -0.490. The van der Waals surface area contributed by atoms with E-state index in [2.05, 4.69) is 5.32 Å². The molecule has 0 aliphatic rings. The first-order chi connectivity index (χ1) is 22.5. The van der Waals surface area contributed by atoms with Crippen molar-refractivity contribution in [2.45, 2.75) is 23.9 Å². The van der Waals surface area contributed by atoms with Crippen LogP contribution in [-0.4, -0.2) is 66.1 Å². The molecular formula is C34H35Cl2N3O7S. The Morgan fingerprint density at radius 1 is 0.809 bits per heavy atom. The molecule has 13 heteroatoms. The Labute approximate surface area is 284 Å². The fraction of sp³-hybridized carbons (Fsp3) is 0.235. The maximum atomic E-state index is 14.6. The molecule has 4 aromatic carbocycles. The third-order valence-electron chi connectivity index (χ3n) is 7.45. The number of nitrogens with one attached hydrogen (secondary N) is 1. The Bertz CT molecular complexity index is 1820. The summed E-state index contributed by atoms with van der Waals surface area (Å²) < 4.78 is 46.0. The second-order valence-electron chi connectivity index (χ2n) is 10.3. The third kappa shape index (κ3) is 8.29. The number of hydrogen-bond acceptors (Lipinski definition) is 7. The van der Waals surface area contributed by atoms with Gasteiger partial charge in [0, 0.05) is 36.1 Å². The van der Waals surface area contributed by atoms with Crippen molar-refractivity contribution in [2.24, 2.45) is 0 Å². The number of nitrogens with zero attached hydrogens (tertiary/aromatic N) is 2. The van der Waals surface area contributed by atoms with Crippen molar-refractivity contribution in [3.8, 4) is 17.2 Å². The summed E-state index contributed by atoms with van der Waals surface area (Å²) in [6.45, 7) is -0.805. The van der Waals surface area contributed by atoms with Gasteiger partial charge in [-0.25, -0.2) is 8.42 Å². The minimum Gasteiger partial charge on any atom is -0.495 e. The third-order valence-corrected chi connectivity index (χ3v) is 9.81. The molecule has 10 nitrogen and oxygen atoms in total. The molecule has 47 heavy (non-hydrogen) atoms. The normalized spacial score (nSPS) is 11.7. The number of amides is 2. The van der Waals surface area contributed by atoms with Crippen LogP contribution in [0.1, 0.15) is 11.1 Å². The zero-order valence-electron chi connectivity index (χ0n) is 26.3. The number of likely N-dealkylation sites (N-methyl/N-ethyl adjacent to an activating group) is 1. The first kappa shape index (κ1) is 35.4. The molecule has 0 fully saturated rings. The van der Waals surface area contributed by atoms with Crippen molar-refractivity contribution < 1.29 is 32.2 Å². The van der Waals surface area contributed by atoms with E-state index in [0.29, 0.717) is 16.3 Å². The fourth-order valence-electron chi connectivity index (χ4n) is 5.01. The summed E-state index contributed by atoms with van der Waals surface area (Å²) >= 11 is 12.9. The summed E-state index contributed by atoms with van der Waals surface area (Å²) in [5, 5.41) is 3.24. The van der Waals surface area contributed by atoms with Crippen molar-refractivity contribution >= 4 is 50.7 Å². The predicted octanol–water partition coefficient (Wildman–Crippen LogP) is 5.60. The van der Waals surface area contributed by atoms with Gasteiger partial charge < -0.3 is 24.4 Å². The highest BCUT2D eigenvalue weighted by Crippen LogP contribution is 2.37. The van der Waals surface area contributed by atoms with Crippen molar-refractivity contribution in [3.05, 3.63) is 112 Å². The molecule has 0 saturated heterocycles. The van der Waals surface area contributed by atoms with Gasteiger partial charge in [-0.3, -0.25) is 13.9 Å².